The number of benzene rings is 2. The Morgan fingerprint density at radius 3 is 2.25 bits per heavy atom. The van der Waals surface area contributed by atoms with E-state index in [-0.39, 0.29) is 17.8 Å². The second-order valence-electron chi connectivity index (χ2n) is 9.30. The van der Waals surface area contributed by atoms with Gasteiger partial charge in [0.2, 0.25) is 0 Å². The summed E-state index contributed by atoms with van der Waals surface area (Å²) in [4.78, 5) is 27.2. The molecule has 2 aromatic carbocycles. The lowest BCUT2D eigenvalue weighted by atomic mass is 9.71. The van der Waals surface area contributed by atoms with Crippen molar-refractivity contribution in [3.63, 3.8) is 0 Å². The summed E-state index contributed by atoms with van der Waals surface area (Å²) in [6, 6.07) is 13.3. The molecule has 0 fully saturated rings. The molecule has 2 atom stereocenters. The number of hydrogen-bond acceptors (Lipinski definition) is 7. The molecule has 1 aliphatic heterocycles. The number of rotatable bonds is 7. The molecular weight excluding hydrogens is 458 g/mol. The van der Waals surface area contributed by atoms with E-state index < -0.39 is 11.9 Å². The normalized spacial score (nSPS) is 19.6. The lowest BCUT2D eigenvalue weighted by Gasteiger charge is -2.37. The molecule has 0 bridgehead atoms. The second kappa shape index (κ2) is 10.5. The Balaban J connectivity index is 1.88. The fourth-order valence-electron chi connectivity index (χ4n) is 5.26. The Morgan fingerprint density at radius 2 is 1.58 bits per heavy atom. The first-order valence-electron chi connectivity index (χ1n) is 12.1. The van der Waals surface area contributed by atoms with Gasteiger partial charge in [0.25, 0.3) is 0 Å². The average molecular weight is 492 g/mol. The largest absolute Gasteiger partial charge is 0.496 e. The molecule has 0 saturated heterocycles. The molecule has 36 heavy (non-hydrogen) atoms. The Hall–Kier alpha value is -3.74. The first kappa shape index (κ1) is 25.4. The molecule has 0 aromatic heterocycles. The van der Waals surface area contributed by atoms with Gasteiger partial charge < -0.3 is 24.3 Å². The summed E-state index contributed by atoms with van der Waals surface area (Å²) in [7, 11) is 4.76. The predicted molar refractivity (Wildman–Crippen MR) is 136 cm³/mol. The van der Waals surface area contributed by atoms with E-state index >= 15 is 0 Å². The summed E-state index contributed by atoms with van der Waals surface area (Å²) in [5.41, 5.74) is 4.10. The van der Waals surface area contributed by atoms with E-state index in [0.717, 1.165) is 17.0 Å². The molecule has 7 nitrogen and oxygen atoms in total. The molecule has 2 aliphatic rings. The van der Waals surface area contributed by atoms with Crippen LogP contribution >= 0.6 is 0 Å². The Labute approximate surface area is 212 Å². The van der Waals surface area contributed by atoms with E-state index in [2.05, 4.69) is 5.32 Å². The molecule has 7 heteroatoms. The van der Waals surface area contributed by atoms with Gasteiger partial charge in [-0.2, -0.15) is 0 Å². The Bertz CT molecular complexity index is 1240. The number of para-hydroxylation sites is 2. The van der Waals surface area contributed by atoms with Gasteiger partial charge in [-0.3, -0.25) is 4.79 Å². The van der Waals surface area contributed by atoms with Crippen LogP contribution in [0.15, 0.2) is 65.0 Å². The van der Waals surface area contributed by atoms with Crippen molar-refractivity contribution in [3.05, 3.63) is 76.1 Å². The molecule has 1 N–H and O–H groups in total. The van der Waals surface area contributed by atoms with Gasteiger partial charge in [-0.1, -0.05) is 30.3 Å². The summed E-state index contributed by atoms with van der Waals surface area (Å²) in [5, 5.41) is 3.38. The summed E-state index contributed by atoms with van der Waals surface area (Å²) in [6.07, 6.45) is 0.599. The summed E-state index contributed by atoms with van der Waals surface area (Å²) >= 11 is 0. The van der Waals surface area contributed by atoms with E-state index in [0.29, 0.717) is 46.7 Å². The maximum atomic E-state index is 13.9. The molecule has 0 radical (unpaired) electrons. The van der Waals surface area contributed by atoms with Crippen LogP contribution in [0, 0.1) is 0 Å². The van der Waals surface area contributed by atoms with Gasteiger partial charge in [-0.25, -0.2) is 4.79 Å². The standard InChI is InChI=1S/C29H33NO6/c1-16(2)36-29(32)25-17(3)30-21-14-18(19-10-7-8-12-23(19)33-4)15-22(31)27(21)26(25)20-11-9-13-24(34-5)28(20)35-6/h7-13,16,18,26,30H,14-15H2,1-6H3/t18-,26+/m1/s1. The quantitative estimate of drug-likeness (QED) is 0.544. The van der Waals surface area contributed by atoms with Gasteiger partial charge in [0.15, 0.2) is 17.3 Å². The highest BCUT2D eigenvalue weighted by molar-refractivity contribution is 6.04. The fraction of sp³-hybridized carbons (Fsp3) is 0.379. The van der Waals surface area contributed by atoms with E-state index in [4.69, 9.17) is 18.9 Å². The van der Waals surface area contributed by atoms with Crippen molar-refractivity contribution < 1.29 is 28.5 Å². The molecule has 1 aliphatic carbocycles. The molecular formula is C29H33NO6. The van der Waals surface area contributed by atoms with Gasteiger partial charge in [0, 0.05) is 34.9 Å². The number of dihydropyridines is 1. The minimum absolute atomic E-state index is 0.0307. The van der Waals surface area contributed by atoms with Crippen molar-refractivity contribution >= 4 is 11.8 Å². The number of esters is 1. The fourth-order valence-corrected chi connectivity index (χ4v) is 5.26. The predicted octanol–water partition coefficient (Wildman–Crippen LogP) is 5.03. The van der Waals surface area contributed by atoms with Crippen LogP contribution < -0.4 is 19.5 Å². The Kier molecular flexibility index (Phi) is 7.38. The number of hydrogen-bond donors (Lipinski definition) is 1. The van der Waals surface area contributed by atoms with Crippen LogP contribution in [-0.2, 0) is 14.3 Å². The summed E-state index contributed by atoms with van der Waals surface area (Å²) in [5.74, 6) is 0.581. The summed E-state index contributed by atoms with van der Waals surface area (Å²) < 4.78 is 22.5. The van der Waals surface area contributed by atoms with Crippen LogP contribution in [0.2, 0.25) is 0 Å². The molecule has 0 amide bonds. The minimum atomic E-state index is -0.649. The van der Waals surface area contributed by atoms with Crippen molar-refractivity contribution in [2.45, 2.75) is 51.6 Å². The molecule has 190 valence electrons. The lowest BCUT2D eigenvalue weighted by molar-refractivity contribution is -0.143. The topological polar surface area (TPSA) is 83.1 Å². The van der Waals surface area contributed by atoms with Crippen molar-refractivity contribution in [2.24, 2.45) is 0 Å². The number of carbonyl (C=O) groups is 2. The first-order chi connectivity index (χ1) is 17.3. The third-order valence-electron chi connectivity index (χ3n) is 6.71. The number of ketones is 1. The van der Waals surface area contributed by atoms with E-state index in [9.17, 15) is 9.59 Å². The SMILES string of the molecule is COc1ccccc1[C@H]1CC(=O)C2=C(C1)NC(C)=C(C(=O)OC(C)C)[C@@H]2c1cccc(OC)c1OC. The van der Waals surface area contributed by atoms with E-state index in [1.165, 1.54) is 0 Å². The van der Waals surface area contributed by atoms with Crippen LogP contribution in [0.5, 0.6) is 17.2 Å². The Morgan fingerprint density at radius 1 is 0.917 bits per heavy atom. The monoisotopic (exact) mass is 491 g/mol. The highest BCUT2D eigenvalue weighted by Crippen LogP contribution is 2.50. The van der Waals surface area contributed by atoms with Crippen molar-refractivity contribution in [1.29, 1.82) is 0 Å². The molecule has 0 unspecified atom stereocenters. The van der Waals surface area contributed by atoms with E-state index in [1.807, 2.05) is 43.3 Å². The van der Waals surface area contributed by atoms with Crippen LogP contribution in [0.1, 0.15) is 56.6 Å². The van der Waals surface area contributed by atoms with Crippen LogP contribution in [-0.4, -0.2) is 39.2 Å². The van der Waals surface area contributed by atoms with Gasteiger partial charge in [0.1, 0.15) is 5.75 Å². The maximum Gasteiger partial charge on any atom is 0.337 e. The molecule has 1 heterocycles. The van der Waals surface area contributed by atoms with Crippen molar-refractivity contribution in [2.75, 3.05) is 21.3 Å². The number of allylic oxidation sites excluding steroid dienone is 3. The van der Waals surface area contributed by atoms with Gasteiger partial charge in [0.05, 0.1) is 38.9 Å². The summed E-state index contributed by atoms with van der Waals surface area (Å²) in [6.45, 7) is 5.45. The minimum Gasteiger partial charge on any atom is -0.496 e. The lowest BCUT2D eigenvalue weighted by Crippen LogP contribution is -2.36. The highest BCUT2D eigenvalue weighted by Gasteiger charge is 2.43. The molecule has 0 saturated carbocycles. The second-order valence-corrected chi connectivity index (χ2v) is 9.30. The van der Waals surface area contributed by atoms with Gasteiger partial charge in [-0.15, -0.1) is 0 Å². The van der Waals surface area contributed by atoms with Crippen molar-refractivity contribution in [1.82, 2.24) is 5.32 Å². The zero-order chi connectivity index (χ0) is 26.0. The van der Waals surface area contributed by atoms with Gasteiger partial charge >= 0.3 is 5.97 Å². The number of Topliss-reactive ketones (excluding diaryl/α,β-unsaturated/α-hetero) is 1. The van der Waals surface area contributed by atoms with Gasteiger partial charge in [-0.05, 0) is 44.9 Å². The van der Waals surface area contributed by atoms with Crippen molar-refractivity contribution in [3.8, 4) is 17.2 Å². The number of carbonyl (C=O) groups excluding carboxylic acids is 2. The highest BCUT2D eigenvalue weighted by atomic mass is 16.5. The van der Waals surface area contributed by atoms with E-state index in [1.54, 1.807) is 41.2 Å². The molecule has 0 spiro atoms. The average Bonchev–Trinajstić information content (AvgIpc) is 2.86. The third-order valence-corrected chi connectivity index (χ3v) is 6.71. The zero-order valence-electron chi connectivity index (χ0n) is 21.6. The maximum absolute atomic E-state index is 13.9. The molecule has 2 aromatic rings. The number of ether oxygens (including phenoxy) is 4. The van der Waals surface area contributed by atoms with Crippen LogP contribution in [0.4, 0.5) is 0 Å². The first-order valence-corrected chi connectivity index (χ1v) is 12.1. The smallest absolute Gasteiger partial charge is 0.337 e. The van der Waals surface area contributed by atoms with Crippen LogP contribution in [0.3, 0.4) is 0 Å². The van der Waals surface area contributed by atoms with Crippen LogP contribution in [0.25, 0.3) is 0 Å². The number of nitrogens with one attached hydrogen (secondary N) is 1. The zero-order valence-corrected chi connectivity index (χ0v) is 21.6. The molecule has 4 rings (SSSR count). The number of methoxy groups -OCH3 is 3. The third kappa shape index (κ3) is 4.57.